The Balaban J connectivity index is 1.87. The summed E-state index contributed by atoms with van der Waals surface area (Å²) in [7, 11) is 0. The third-order valence-electron chi connectivity index (χ3n) is 4.68. The standard InChI is InChI=1S/C24H17Cl2NO2/c25-21-8-4-17(5-9-21)23(28)13-20(19-3-1-2-16(12-19)15-27)14-24(29)18-6-10-22(26)11-7-18/h1-12,20H,13-14H2. The van der Waals surface area contributed by atoms with Crippen molar-refractivity contribution in [2.75, 3.05) is 0 Å². The maximum Gasteiger partial charge on any atom is 0.163 e. The minimum Gasteiger partial charge on any atom is -0.294 e. The van der Waals surface area contributed by atoms with Gasteiger partial charge in [-0.3, -0.25) is 9.59 Å². The third-order valence-corrected chi connectivity index (χ3v) is 5.19. The minimum atomic E-state index is -0.352. The van der Waals surface area contributed by atoms with E-state index in [0.717, 1.165) is 5.56 Å². The van der Waals surface area contributed by atoms with E-state index in [1.165, 1.54) is 0 Å². The van der Waals surface area contributed by atoms with E-state index in [9.17, 15) is 14.9 Å². The van der Waals surface area contributed by atoms with E-state index in [1.807, 2.05) is 6.07 Å². The first kappa shape index (κ1) is 20.8. The normalized spacial score (nSPS) is 10.6. The van der Waals surface area contributed by atoms with Gasteiger partial charge in [0.15, 0.2) is 11.6 Å². The van der Waals surface area contributed by atoms with Crippen molar-refractivity contribution in [3.63, 3.8) is 0 Å². The van der Waals surface area contributed by atoms with Crippen molar-refractivity contribution in [3.05, 3.63) is 105 Å². The number of nitrogens with zero attached hydrogens (tertiary/aromatic N) is 1. The molecule has 3 aromatic carbocycles. The number of hydrogen-bond donors (Lipinski definition) is 0. The molecule has 0 heterocycles. The number of hydrogen-bond acceptors (Lipinski definition) is 3. The highest BCUT2D eigenvalue weighted by Crippen LogP contribution is 2.28. The van der Waals surface area contributed by atoms with Crippen LogP contribution in [0.15, 0.2) is 72.8 Å². The molecule has 0 saturated carbocycles. The van der Waals surface area contributed by atoms with Gasteiger partial charge in [0.25, 0.3) is 0 Å². The molecule has 3 rings (SSSR count). The number of Topliss-reactive ketones (excluding diaryl/α,β-unsaturated/α-hetero) is 2. The van der Waals surface area contributed by atoms with Crippen LogP contribution in [0, 0.1) is 11.3 Å². The molecule has 0 aromatic heterocycles. The number of rotatable bonds is 7. The zero-order valence-corrected chi connectivity index (χ0v) is 17.0. The number of nitriles is 1. The van der Waals surface area contributed by atoms with E-state index in [-0.39, 0.29) is 30.3 Å². The Bertz CT molecular complexity index is 1010. The van der Waals surface area contributed by atoms with Gasteiger partial charge in [0.05, 0.1) is 11.6 Å². The van der Waals surface area contributed by atoms with Gasteiger partial charge in [0.1, 0.15) is 0 Å². The molecule has 144 valence electrons. The van der Waals surface area contributed by atoms with Gasteiger partial charge in [0, 0.05) is 34.0 Å². The van der Waals surface area contributed by atoms with E-state index >= 15 is 0 Å². The molecule has 3 nitrogen and oxygen atoms in total. The van der Waals surface area contributed by atoms with Gasteiger partial charge in [-0.1, -0.05) is 35.3 Å². The maximum absolute atomic E-state index is 12.8. The summed E-state index contributed by atoms with van der Waals surface area (Å²) in [5.74, 6) is -0.523. The second-order valence-corrected chi connectivity index (χ2v) is 7.58. The molecule has 0 fully saturated rings. The number of carbonyl (C=O) groups is 2. The minimum absolute atomic E-state index is 0.0852. The van der Waals surface area contributed by atoms with E-state index in [2.05, 4.69) is 6.07 Å². The van der Waals surface area contributed by atoms with Crippen LogP contribution in [0.3, 0.4) is 0 Å². The van der Waals surface area contributed by atoms with Crippen LogP contribution in [0.1, 0.15) is 50.6 Å². The fourth-order valence-electron chi connectivity index (χ4n) is 3.12. The average molecular weight is 422 g/mol. The van der Waals surface area contributed by atoms with Crippen LogP contribution < -0.4 is 0 Å². The third kappa shape index (κ3) is 5.54. The first-order chi connectivity index (χ1) is 14.0. The van der Waals surface area contributed by atoms with Crippen LogP contribution in [-0.4, -0.2) is 11.6 Å². The van der Waals surface area contributed by atoms with Crippen LogP contribution >= 0.6 is 23.2 Å². The lowest BCUT2D eigenvalue weighted by atomic mass is 9.85. The molecule has 5 heteroatoms. The molecular weight excluding hydrogens is 405 g/mol. The van der Waals surface area contributed by atoms with Gasteiger partial charge in [-0.15, -0.1) is 0 Å². The van der Waals surface area contributed by atoms with Gasteiger partial charge >= 0.3 is 0 Å². The highest BCUT2D eigenvalue weighted by molar-refractivity contribution is 6.31. The van der Waals surface area contributed by atoms with Crippen molar-refractivity contribution >= 4 is 34.8 Å². The molecule has 0 radical (unpaired) electrons. The van der Waals surface area contributed by atoms with Gasteiger partial charge in [-0.2, -0.15) is 5.26 Å². The second-order valence-electron chi connectivity index (χ2n) is 6.70. The molecule has 0 spiro atoms. The molecule has 3 aromatic rings. The number of halogens is 2. The lowest BCUT2D eigenvalue weighted by Gasteiger charge is -2.17. The first-order valence-electron chi connectivity index (χ1n) is 9.04. The molecule has 0 aliphatic rings. The van der Waals surface area contributed by atoms with Crippen molar-refractivity contribution in [3.8, 4) is 6.07 Å². The Hall–Kier alpha value is -2.93. The van der Waals surface area contributed by atoms with Crippen LogP contribution in [0.4, 0.5) is 0 Å². The smallest absolute Gasteiger partial charge is 0.163 e. The molecule has 0 amide bonds. The zero-order chi connectivity index (χ0) is 20.8. The largest absolute Gasteiger partial charge is 0.294 e. The van der Waals surface area contributed by atoms with E-state index in [1.54, 1.807) is 66.7 Å². The fourth-order valence-corrected chi connectivity index (χ4v) is 3.38. The van der Waals surface area contributed by atoms with Crippen molar-refractivity contribution in [2.45, 2.75) is 18.8 Å². The summed E-state index contributed by atoms with van der Waals surface area (Å²) in [5, 5.41) is 10.3. The Morgan fingerprint density at radius 2 is 1.28 bits per heavy atom. The molecule has 0 saturated heterocycles. The van der Waals surface area contributed by atoms with Crippen molar-refractivity contribution in [2.24, 2.45) is 0 Å². The predicted octanol–water partition coefficient (Wildman–Crippen LogP) is 6.49. The van der Waals surface area contributed by atoms with Crippen molar-refractivity contribution < 1.29 is 9.59 Å². The topological polar surface area (TPSA) is 57.9 Å². The summed E-state index contributed by atoms with van der Waals surface area (Å²) in [4.78, 5) is 25.6. The maximum atomic E-state index is 12.8. The summed E-state index contributed by atoms with van der Waals surface area (Å²) in [6, 6.07) is 22.5. The highest BCUT2D eigenvalue weighted by Gasteiger charge is 2.22. The Morgan fingerprint density at radius 3 is 1.72 bits per heavy atom. The van der Waals surface area contributed by atoms with Gasteiger partial charge in [-0.25, -0.2) is 0 Å². The average Bonchev–Trinajstić information content (AvgIpc) is 2.74. The molecule has 0 atom stereocenters. The summed E-state index contributed by atoms with van der Waals surface area (Å²) in [6.45, 7) is 0. The lowest BCUT2D eigenvalue weighted by Crippen LogP contribution is -2.13. The van der Waals surface area contributed by atoms with Crippen LogP contribution in [0.5, 0.6) is 0 Å². The summed E-state index contributed by atoms with van der Waals surface area (Å²) < 4.78 is 0. The Morgan fingerprint density at radius 1 is 0.793 bits per heavy atom. The van der Waals surface area contributed by atoms with Crippen LogP contribution in [0.25, 0.3) is 0 Å². The monoisotopic (exact) mass is 421 g/mol. The zero-order valence-electron chi connectivity index (χ0n) is 15.4. The predicted molar refractivity (Wildman–Crippen MR) is 115 cm³/mol. The molecule has 0 aliphatic heterocycles. The molecular formula is C24H17Cl2NO2. The van der Waals surface area contributed by atoms with Crippen molar-refractivity contribution in [1.82, 2.24) is 0 Å². The lowest BCUT2D eigenvalue weighted by molar-refractivity contribution is 0.0944. The van der Waals surface area contributed by atoms with Gasteiger partial charge < -0.3 is 0 Å². The molecule has 0 bridgehead atoms. The quantitative estimate of drug-likeness (QED) is 0.409. The summed E-state index contributed by atoms with van der Waals surface area (Å²) >= 11 is 11.8. The molecule has 0 aliphatic carbocycles. The second kappa shape index (κ2) is 9.52. The first-order valence-corrected chi connectivity index (χ1v) is 9.79. The summed E-state index contributed by atoms with van der Waals surface area (Å²) in [5.41, 5.74) is 2.35. The summed E-state index contributed by atoms with van der Waals surface area (Å²) in [6.07, 6.45) is 0.297. The van der Waals surface area contributed by atoms with Crippen molar-refractivity contribution in [1.29, 1.82) is 5.26 Å². The Labute approximate surface area is 179 Å². The number of carbonyl (C=O) groups excluding carboxylic acids is 2. The SMILES string of the molecule is N#Cc1cccc(C(CC(=O)c2ccc(Cl)cc2)CC(=O)c2ccc(Cl)cc2)c1. The molecule has 29 heavy (non-hydrogen) atoms. The van der Waals surface area contributed by atoms with E-state index in [4.69, 9.17) is 23.2 Å². The van der Waals surface area contributed by atoms with Gasteiger partial charge in [0.2, 0.25) is 0 Å². The van der Waals surface area contributed by atoms with Gasteiger partial charge in [-0.05, 0) is 72.1 Å². The fraction of sp³-hybridized carbons (Fsp3) is 0.125. The number of ketones is 2. The van der Waals surface area contributed by atoms with E-state index < -0.39 is 0 Å². The van der Waals surface area contributed by atoms with Crippen LogP contribution in [-0.2, 0) is 0 Å². The highest BCUT2D eigenvalue weighted by atomic mass is 35.5. The van der Waals surface area contributed by atoms with Crippen LogP contribution in [0.2, 0.25) is 10.0 Å². The molecule has 0 unspecified atom stereocenters. The Kier molecular flexibility index (Phi) is 6.82. The molecule has 0 N–H and O–H groups in total. The number of benzene rings is 3. The van der Waals surface area contributed by atoms with E-state index in [0.29, 0.717) is 26.7 Å².